The van der Waals surface area contributed by atoms with E-state index in [-0.39, 0.29) is 36.1 Å². The van der Waals surface area contributed by atoms with E-state index < -0.39 is 46.7 Å². The summed E-state index contributed by atoms with van der Waals surface area (Å²) in [4.78, 5) is 48.3. The van der Waals surface area contributed by atoms with E-state index in [0.29, 0.717) is 61.1 Å². The van der Waals surface area contributed by atoms with Gasteiger partial charge in [-0.25, -0.2) is 9.67 Å². The fourth-order valence-electron chi connectivity index (χ4n) is 7.08. The number of alkyl halides is 3. The fourth-order valence-corrected chi connectivity index (χ4v) is 7.75. The zero-order valence-corrected chi connectivity index (χ0v) is 24.2. The maximum absolute atomic E-state index is 14.3. The van der Waals surface area contributed by atoms with Gasteiger partial charge in [-0.2, -0.15) is 23.5 Å². The quantitative estimate of drug-likeness (QED) is 0.525. The highest BCUT2D eigenvalue weighted by Crippen LogP contribution is 2.53. The first kappa shape index (κ1) is 28.3. The van der Waals surface area contributed by atoms with Crippen molar-refractivity contribution in [3.63, 3.8) is 0 Å². The fraction of sp³-hybridized carbons (Fsp3) is 0.643. The van der Waals surface area contributed by atoms with Crippen LogP contribution in [0.3, 0.4) is 0 Å². The number of ether oxygens (including phenoxy) is 1. The molecule has 5 heterocycles. The molecule has 2 aromatic heterocycles. The van der Waals surface area contributed by atoms with Gasteiger partial charge in [0.1, 0.15) is 23.6 Å². The summed E-state index contributed by atoms with van der Waals surface area (Å²) in [6.07, 6.45) is -0.436. The number of rotatable bonds is 6. The number of likely N-dealkylation sites (N-methyl/N-ethyl adjacent to an activating group) is 1. The number of carbonyl (C=O) groups is 3. The van der Waals surface area contributed by atoms with Crippen LogP contribution >= 0.6 is 11.3 Å². The third-order valence-corrected chi connectivity index (χ3v) is 10.2. The average Bonchev–Trinajstić information content (AvgIpc) is 3.83. The number of aromatic nitrogens is 3. The molecule has 228 valence electrons. The maximum Gasteiger partial charge on any atom is 0.443 e. The third-order valence-electron chi connectivity index (χ3n) is 9.34. The van der Waals surface area contributed by atoms with Gasteiger partial charge in [0.2, 0.25) is 0 Å². The summed E-state index contributed by atoms with van der Waals surface area (Å²) < 4.78 is 46.9. The van der Waals surface area contributed by atoms with Gasteiger partial charge in [0.15, 0.2) is 10.7 Å². The number of fused-ring (bicyclic) bond motifs is 2. The van der Waals surface area contributed by atoms with Gasteiger partial charge >= 0.3 is 6.18 Å². The van der Waals surface area contributed by atoms with Gasteiger partial charge in [-0.05, 0) is 57.3 Å². The largest absolute Gasteiger partial charge is 0.443 e. The summed E-state index contributed by atoms with van der Waals surface area (Å²) in [6.45, 7) is 3.03. The highest BCUT2D eigenvalue weighted by Gasteiger charge is 2.57. The van der Waals surface area contributed by atoms with Crippen LogP contribution in [0.2, 0.25) is 0 Å². The molecular weight excluding hydrogens is 587 g/mol. The number of amides is 3. The van der Waals surface area contributed by atoms with E-state index in [9.17, 15) is 32.8 Å². The first-order valence-corrected chi connectivity index (χ1v) is 15.6. The van der Waals surface area contributed by atoms with E-state index in [1.165, 1.54) is 4.90 Å². The van der Waals surface area contributed by atoms with Gasteiger partial charge < -0.3 is 15.0 Å². The molecule has 5 atom stereocenters. The van der Waals surface area contributed by atoms with Crippen LogP contribution in [-0.4, -0.2) is 75.3 Å². The van der Waals surface area contributed by atoms with Crippen molar-refractivity contribution >= 4 is 34.9 Å². The molecule has 0 spiro atoms. The van der Waals surface area contributed by atoms with Gasteiger partial charge in [0.05, 0.1) is 12.1 Å². The van der Waals surface area contributed by atoms with Gasteiger partial charge in [0, 0.05) is 42.7 Å². The van der Waals surface area contributed by atoms with Crippen LogP contribution in [0.25, 0.3) is 0 Å². The number of anilines is 1. The van der Waals surface area contributed by atoms with Crippen LogP contribution in [0.1, 0.15) is 89.0 Å². The topological polar surface area (TPSA) is 133 Å². The molecule has 2 saturated heterocycles. The molecule has 3 aliphatic heterocycles. The molecule has 3 amide bonds. The second kappa shape index (κ2) is 10.3. The van der Waals surface area contributed by atoms with Crippen molar-refractivity contribution in [1.29, 1.82) is 5.26 Å². The van der Waals surface area contributed by atoms with Crippen LogP contribution in [0.5, 0.6) is 0 Å². The summed E-state index contributed by atoms with van der Waals surface area (Å²) in [5, 5.41) is 17.3. The molecule has 5 aliphatic rings. The minimum atomic E-state index is -4.69. The molecule has 0 radical (unpaired) electrons. The van der Waals surface area contributed by atoms with Gasteiger partial charge in [-0.3, -0.25) is 19.3 Å². The predicted octanol–water partition coefficient (Wildman–Crippen LogP) is 3.50. The number of piperidine rings is 1. The second-order valence-electron chi connectivity index (χ2n) is 12.0. The Balaban J connectivity index is 1.32. The highest BCUT2D eigenvalue weighted by atomic mass is 32.1. The van der Waals surface area contributed by atoms with E-state index in [0.717, 1.165) is 24.6 Å². The van der Waals surface area contributed by atoms with Crippen molar-refractivity contribution in [2.75, 3.05) is 24.7 Å². The lowest BCUT2D eigenvalue weighted by molar-refractivity contribution is -0.137. The normalized spacial score (nSPS) is 28.8. The van der Waals surface area contributed by atoms with Crippen molar-refractivity contribution in [2.24, 2.45) is 11.8 Å². The molecule has 0 aromatic carbocycles. The molecule has 2 aromatic rings. The summed E-state index contributed by atoms with van der Waals surface area (Å²) in [6, 6.07) is 0.441. The molecule has 2 saturated carbocycles. The lowest BCUT2D eigenvalue weighted by Crippen LogP contribution is -2.56. The van der Waals surface area contributed by atoms with Gasteiger partial charge in [-0.15, -0.1) is 11.3 Å². The molecule has 15 heteroatoms. The zero-order chi connectivity index (χ0) is 30.2. The van der Waals surface area contributed by atoms with E-state index in [2.05, 4.69) is 16.4 Å². The van der Waals surface area contributed by atoms with Crippen molar-refractivity contribution in [3.05, 3.63) is 27.3 Å². The number of nitrogens with zero attached hydrogens (tertiary/aromatic N) is 6. The zero-order valence-electron chi connectivity index (χ0n) is 23.3. The summed E-state index contributed by atoms with van der Waals surface area (Å²) in [5.41, 5.74) is 0.335. The molecule has 0 bridgehead atoms. The first-order chi connectivity index (χ1) is 20.6. The number of halogens is 3. The van der Waals surface area contributed by atoms with Crippen molar-refractivity contribution in [3.8, 4) is 6.07 Å². The molecule has 1 N–H and O–H groups in total. The Kier molecular flexibility index (Phi) is 6.77. The Morgan fingerprint density at radius 2 is 1.93 bits per heavy atom. The minimum Gasteiger partial charge on any atom is -0.381 e. The standard InChI is InChI=1S/C28H30F3N7O4S/c1-2-36-24-20(19(13-3-4-13)21(25(36)40)34-23(39)17-12-43-27(33-17)28(29,30)31)22(35-38(24)15-5-7-42-8-6-15)26(41)37-16(11-32)9-14-10-18(14)37/h12-16,18-19,21H,2-10H2,1H3,(H,34,39)/t14-,16-,18+,19-,21-/m0/s1. The molecule has 2 aliphatic carbocycles. The third kappa shape index (κ3) is 4.69. The number of likely N-dealkylation sites (tertiary alicyclic amines) is 1. The van der Waals surface area contributed by atoms with E-state index in [4.69, 9.17) is 9.84 Å². The SMILES string of the molecule is CCN1C(=O)[C@@H](NC(=O)c2csc(C(F)(F)F)n2)[C@@H](C2CC2)c2c(C(=O)N3[C@H](C#N)C[C@H]4C[C@H]43)nn(C3CCOCC3)c21. The van der Waals surface area contributed by atoms with Crippen LogP contribution in [0.4, 0.5) is 19.0 Å². The van der Waals surface area contributed by atoms with Crippen LogP contribution in [-0.2, 0) is 15.7 Å². The Labute approximate surface area is 249 Å². The Morgan fingerprint density at radius 1 is 1.19 bits per heavy atom. The molecule has 7 rings (SSSR count). The van der Waals surface area contributed by atoms with Gasteiger partial charge in [-0.1, -0.05) is 0 Å². The number of thiazole rings is 1. The van der Waals surface area contributed by atoms with E-state index in [1.807, 2.05) is 0 Å². The predicted molar refractivity (Wildman–Crippen MR) is 145 cm³/mol. The van der Waals surface area contributed by atoms with Crippen molar-refractivity contribution < 1.29 is 32.3 Å². The Hall–Kier alpha value is -3.51. The molecule has 4 fully saturated rings. The molecule has 0 unspecified atom stereocenters. The summed E-state index contributed by atoms with van der Waals surface area (Å²) in [7, 11) is 0. The summed E-state index contributed by atoms with van der Waals surface area (Å²) >= 11 is 0.314. The Bertz CT molecular complexity index is 1520. The number of hydrogen-bond donors (Lipinski definition) is 1. The molecular formula is C28H30F3N7O4S. The van der Waals surface area contributed by atoms with E-state index >= 15 is 0 Å². The van der Waals surface area contributed by atoms with Crippen molar-refractivity contribution in [2.45, 2.75) is 81.7 Å². The number of carbonyl (C=O) groups excluding carboxylic acids is 3. The van der Waals surface area contributed by atoms with E-state index in [1.54, 1.807) is 16.5 Å². The lowest BCUT2D eigenvalue weighted by Gasteiger charge is -2.39. The average molecular weight is 618 g/mol. The first-order valence-electron chi connectivity index (χ1n) is 14.7. The lowest BCUT2D eigenvalue weighted by atomic mass is 9.82. The van der Waals surface area contributed by atoms with Crippen molar-refractivity contribution in [1.82, 2.24) is 25.0 Å². The van der Waals surface area contributed by atoms with Crippen LogP contribution in [0, 0.1) is 23.2 Å². The van der Waals surface area contributed by atoms with Gasteiger partial charge in [0.25, 0.3) is 17.7 Å². The van der Waals surface area contributed by atoms with Crippen LogP contribution in [0.15, 0.2) is 5.38 Å². The second-order valence-corrected chi connectivity index (χ2v) is 12.8. The number of nitrogens with one attached hydrogen (secondary N) is 1. The highest BCUT2D eigenvalue weighted by molar-refractivity contribution is 7.10. The smallest absolute Gasteiger partial charge is 0.381 e. The monoisotopic (exact) mass is 617 g/mol. The Morgan fingerprint density at radius 3 is 2.56 bits per heavy atom. The molecule has 11 nitrogen and oxygen atoms in total. The number of hydrogen-bond acceptors (Lipinski definition) is 8. The van der Waals surface area contributed by atoms with Crippen LogP contribution < -0.4 is 10.2 Å². The molecule has 43 heavy (non-hydrogen) atoms. The number of nitriles is 1. The summed E-state index contributed by atoms with van der Waals surface area (Å²) in [5.74, 6) is -1.47. The maximum atomic E-state index is 14.3. The minimum absolute atomic E-state index is 0.0177.